The Labute approximate surface area is 148 Å². The number of imide groups is 2. The molecule has 1 heterocycles. The highest BCUT2D eigenvalue weighted by molar-refractivity contribution is 6.45. The number of amides is 5. The van der Waals surface area contributed by atoms with Gasteiger partial charge in [0.1, 0.15) is 6.54 Å². The Morgan fingerprint density at radius 3 is 2.29 bits per heavy atom. The lowest BCUT2D eigenvalue weighted by atomic mass is 10.1. The van der Waals surface area contributed by atoms with Crippen LogP contribution in [0, 0.1) is 0 Å². The second-order valence-corrected chi connectivity index (χ2v) is 6.00. The van der Waals surface area contributed by atoms with Gasteiger partial charge < -0.3 is 5.32 Å². The second kappa shape index (κ2) is 7.19. The average Bonchev–Trinajstić information content (AvgIpc) is 2.73. The molecular weight excluding hydrogens is 357 g/mol. The van der Waals surface area contributed by atoms with Gasteiger partial charge in [-0.3, -0.25) is 19.3 Å². The molecule has 1 aliphatic heterocycles. The van der Waals surface area contributed by atoms with Gasteiger partial charge in [-0.2, -0.15) is 0 Å². The molecule has 0 saturated carbocycles. The number of carbonyl (C=O) groups excluding carboxylic acids is 4. The smallest absolute Gasteiger partial charge is 0.334 e. The minimum atomic E-state index is -1.00. The summed E-state index contributed by atoms with van der Waals surface area (Å²) in [5, 5.41) is 3.39. The Balaban J connectivity index is 2.02. The van der Waals surface area contributed by atoms with Gasteiger partial charge in [0, 0.05) is 6.54 Å². The highest BCUT2D eigenvalue weighted by atomic mass is 35.5. The summed E-state index contributed by atoms with van der Waals surface area (Å²) in [6, 6.07) is 3.72. The largest absolute Gasteiger partial charge is 0.348 e. The van der Waals surface area contributed by atoms with Crippen molar-refractivity contribution < 1.29 is 19.2 Å². The summed E-state index contributed by atoms with van der Waals surface area (Å²) in [5.41, 5.74) is 0.711. The molecule has 24 heavy (non-hydrogen) atoms. The fourth-order valence-corrected chi connectivity index (χ4v) is 2.57. The van der Waals surface area contributed by atoms with E-state index in [2.05, 4.69) is 5.32 Å². The molecular formula is C15H15Cl2N3O4. The first kappa shape index (κ1) is 18.2. The fourth-order valence-electron chi connectivity index (χ4n) is 2.26. The predicted molar refractivity (Wildman–Crippen MR) is 87.5 cm³/mol. The van der Waals surface area contributed by atoms with Crippen molar-refractivity contribution in [2.45, 2.75) is 19.9 Å². The van der Waals surface area contributed by atoms with E-state index in [1.165, 1.54) is 0 Å². The zero-order valence-corrected chi connectivity index (χ0v) is 14.5. The summed E-state index contributed by atoms with van der Waals surface area (Å²) < 4.78 is 0. The van der Waals surface area contributed by atoms with Gasteiger partial charge in [0.25, 0.3) is 0 Å². The number of hydrogen-bond donors (Lipinski definition) is 1. The quantitative estimate of drug-likeness (QED) is 0.633. The van der Waals surface area contributed by atoms with Crippen molar-refractivity contribution in [2.24, 2.45) is 0 Å². The maximum absolute atomic E-state index is 12.1. The van der Waals surface area contributed by atoms with Crippen molar-refractivity contribution >= 4 is 47.0 Å². The van der Waals surface area contributed by atoms with Crippen molar-refractivity contribution in [1.29, 1.82) is 0 Å². The highest BCUT2D eigenvalue weighted by Crippen LogP contribution is 2.25. The second-order valence-electron chi connectivity index (χ2n) is 5.19. The molecule has 1 aliphatic rings. The SMILES string of the molecule is CCN1C(=O)C(=O)N(CC(=O)N[C@H](C)c2ccc(Cl)c(Cl)c2)C1=O. The molecule has 1 N–H and O–H groups in total. The van der Waals surface area contributed by atoms with Gasteiger partial charge in [-0.15, -0.1) is 0 Å². The van der Waals surface area contributed by atoms with E-state index in [0.717, 1.165) is 4.90 Å². The third-order valence-electron chi connectivity index (χ3n) is 3.57. The van der Waals surface area contributed by atoms with Crippen LogP contribution in [-0.4, -0.2) is 46.6 Å². The van der Waals surface area contributed by atoms with Crippen molar-refractivity contribution in [2.75, 3.05) is 13.1 Å². The molecule has 0 radical (unpaired) electrons. The lowest BCUT2D eigenvalue weighted by Gasteiger charge is -2.18. The number of halogens is 2. The molecule has 0 unspecified atom stereocenters. The predicted octanol–water partition coefficient (Wildman–Crippen LogP) is 1.98. The van der Waals surface area contributed by atoms with Crippen molar-refractivity contribution in [3.63, 3.8) is 0 Å². The molecule has 0 bridgehead atoms. The molecule has 1 aromatic rings. The molecule has 0 aliphatic carbocycles. The van der Waals surface area contributed by atoms with Crippen LogP contribution in [0.15, 0.2) is 18.2 Å². The van der Waals surface area contributed by atoms with Gasteiger partial charge in [0.2, 0.25) is 5.91 Å². The zero-order chi connectivity index (χ0) is 18.0. The van der Waals surface area contributed by atoms with Crippen LogP contribution in [0.25, 0.3) is 0 Å². The van der Waals surface area contributed by atoms with E-state index in [1.807, 2.05) is 0 Å². The minimum absolute atomic E-state index is 0.0706. The monoisotopic (exact) mass is 371 g/mol. The van der Waals surface area contributed by atoms with Crippen LogP contribution in [0.3, 0.4) is 0 Å². The molecule has 1 fully saturated rings. The van der Waals surface area contributed by atoms with Crippen molar-refractivity contribution in [1.82, 2.24) is 15.1 Å². The third-order valence-corrected chi connectivity index (χ3v) is 4.31. The Kier molecular flexibility index (Phi) is 5.46. The van der Waals surface area contributed by atoms with Crippen LogP contribution in [0.1, 0.15) is 25.5 Å². The van der Waals surface area contributed by atoms with Crippen molar-refractivity contribution in [3.8, 4) is 0 Å². The highest BCUT2D eigenvalue weighted by Gasteiger charge is 2.44. The number of urea groups is 1. The van der Waals surface area contributed by atoms with Crippen LogP contribution >= 0.6 is 23.2 Å². The van der Waals surface area contributed by atoms with Crippen molar-refractivity contribution in [3.05, 3.63) is 33.8 Å². The summed E-state index contributed by atoms with van der Waals surface area (Å²) >= 11 is 11.8. The topological polar surface area (TPSA) is 86.8 Å². The molecule has 0 aromatic heterocycles. The molecule has 1 saturated heterocycles. The first-order chi connectivity index (χ1) is 11.3. The van der Waals surface area contributed by atoms with Gasteiger partial charge in [-0.25, -0.2) is 9.69 Å². The van der Waals surface area contributed by atoms with E-state index < -0.39 is 36.3 Å². The first-order valence-corrected chi connectivity index (χ1v) is 7.93. The van der Waals surface area contributed by atoms with E-state index in [0.29, 0.717) is 20.5 Å². The normalized spacial score (nSPS) is 15.9. The number of carbonyl (C=O) groups is 4. The molecule has 0 spiro atoms. The number of nitrogens with one attached hydrogen (secondary N) is 1. The number of benzene rings is 1. The number of nitrogens with zero attached hydrogens (tertiary/aromatic N) is 2. The Morgan fingerprint density at radius 1 is 1.12 bits per heavy atom. The van der Waals surface area contributed by atoms with E-state index in [9.17, 15) is 19.2 Å². The molecule has 7 nitrogen and oxygen atoms in total. The number of rotatable bonds is 5. The molecule has 2 rings (SSSR count). The third kappa shape index (κ3) is 3.52. The Morgan fingerprint density at radius 2 is 1.75 bits per heavy atom. The number of likely N-dealkylation sites (N-methyl/N-ethyl adjacent to an activating group) is 1. The standard InChI is InChI=1S/C15H15Cl2N3O4/c1-3-19-13(22)14(23)20(15(19)24)7-12(21)18-8(2)9-4-5-10(16)11(17)6-9/h4-6,8H,3,7H2,1-2H3,(H,18,21)/t8-/m1/s1. The summed E-state index contributed by atoms with van der Waals surface area (Å²) in [4.78, 5) is 48.8. The minimum Gasteiger partial charge on any atom is -0.348 e. The van der Waals surface area contributed by atoms with Gasteiger partial charge >= 0.3 is 17.8 Å². The van der Waals surface area contributed by atoms with E-state index in [1.54, 1.807) is 32.0 Å². The summed E-state index contributed by atoms with van der Waals surface area (Å²) in [5.74, 6) is -2.49. The average molecular weight is 372 g/mol. The van der Waals surface area contributed by atoms with Gasteiger partial charge in [0.05, 0.1) is 16.1 Å². The molecule has 5 amide bonds. The summed E-state index contributed by atoms with van der Waals surface area (Å²) in [6.07, 6.45) is 0. The van der Waals surface area contributed by atoms with Crippen LogP contribution in [0.5, 0.6) is 0 Å². The van der Waals surface area contributed by atoms with Crippen LogP contribution in [0.2, 0.25) is 10.0 Å². The summed E-state index contributed by atoms with van der Waals surface area (Å²) in [6.45, 7) is 2.83. The van der Waals surface area contributed by atoms with Crippen LogP contribution < -0.4 is 5.32 Å². The fraction of sp³-hybridized carbons (Fsp3) is 0.333. The van der Waals surface area contributed by atoms with Gasteiger partial charge in [-0.1, -0.05) is 29.3 Å². The lowest BCUT2D eigenvalue weighted by molar-refractivity contribution is -0.144. The van der Waals surface area contributed by atoms with E-state index in [4.69, 9.17) is 23.2 Å². The lowest BCUT2D eigenvalue weighted by Crippen LogP contribution is -2.42. The zero-order valence-electron chi connectivity index (χ0n) is 13.0. The van der Waals surface area contributed by atoms with E-state index >= 15 is 0 Å². The first-order valence-electron chi connectivity index (χ1n) is 7.17. The number of hydrogen-bond acceptors (Lipinski definition) is 4. The van der Waals surface area contributed by atoms with Gasteiger partial charge in [-0.05, 0) is 31.5 Å². The Bertz CT molecular complexity index is 723. The van der Waals surface area contributed by atoms with Gasteiger partial charge in [0.15, 0.2) is 0 Å². The molecule has 1 atom stereocenters. The Hall–Kier alpha value is -2.12. The maximum Gasteiger partial charge on any atom is 0.334 e. The van der Waals surface area contributed by atoms with Crippen LogP contribution in [-0.2, 0) is 14.4 Å². The molecule has 1 aromatic carbocycles. The maximum atomic E-state index is 12.1. The summed E-state index contributed by atoms with van der Waals surface area (Å²) in [7, 11) is 0. The molecule has 128 valence electrons. The van der Waals surface area contributed by atoms with E-state index in [-0.39, 0.29) is 6.54 Å². The molecule has 9 heteroatoms. The van der Waals surface area contributed by atoms with Crippen LogP contribution in [0.4, 0.5) is 4.79 Å².